The van der Waals surface area contributed by atoms with Gasteiger partial charge in [-0.3, -0.25) is 0 Å². The average Bonchev–Trinajstić information content (AvgIpc) is 2.36. The minimum absolute atomic E-state index is 0.119. The minimum Gasteiger partial charge on any atom is -0.507 e. The van der Waals surface area contributed by atoms with E-state index in [1.807, 2.05) is 0 Å². The Morgan fingerprint density at radius 3 is 1.84 bits per heavy atom. The van der Waals surface area contributed by atoms with E-state index in [9.17, 15) is 17.6 Å². The van der Waals surface area contributed by atoms with Gasteiger partial charge in [0.2, 0.25) is 23.3 Å². The zero-order chi connectivity index (χ0) is 14.6. The zero-order valence-corrected chi connectivity index (χ0v) is 9.92. The molecule has 0 amide bonds. The lowest BCUT2D eigenvalue weighted by Crippen LogP contribution is -2.23. The van der Waals surface area contributed by atoms with Gasteiger partial charge in [0.15, 0.2) is 11.5 Å². The Morgan fingerprint density at radius 1 is 0.947 bits per heavy atom. The van der Waals surface area contributed by atoms with E-state index in [4.69, 9.17) is 10.0 Å². The summed E-state index contributed by atoms with van der Waals surface area (Å²) in [7, 11) is -2.62. The molecule has 0 aliphatic rings. The number of ether oxygens (including phenoxy) is 1. The van der Waals surface area contributed by atoms with Gasteiger partial charge in [-0.05, 0) is 6.42 Å². The van der Waals surface area contributed by atoms with E-state index in [0.717, 1.165) is 0 Å². The molecule has 0 aliphatic heterocycles. The topological polar surface area (TPSA) is 58.9 Å². The highest BCUT2D eigenvalue weighted by Crippen LogP contribution is 2.34. The van der Waals surface area contributed by atoms with Gasteiger partial charge in [-0.15, -0.1) is 0 Å². The third kappa shape index (κ3) is 3.51. The van der Waals surface area contributed by atoms with E-state index >= 15 is 0 Å². The number of hydrogen-bond acceptors (Lipinski definition) is 4. The number of unbranched alkanes of at least 4 members (excludes halogenated alkanes) is 1. The van der Waals surface area contributed by atoms with Gasteiger partial charge in [-0.1, -0.05) is 13.3 Å². The van der Waals surface area contributed by atoms with Crippen molar-refractivity contribution in [3.05, 3.63) is 23.3 Å². The van der Waals surface area contributed by atoms with E-state index in [2.05, 4.69) is 9.39 Å². The average molecular weight is 282 g/mol. The lowest BCUT2D eigenvalue weighted by atomic mass is 10.2. The highest BCUT2D eigenvalue weighted by Gasteiger charge is 2.30. The summed E-state index contributed by atoms with van der Waals surface area (Å²) in [5.41, 5.74) is 0. The summed E-state index contributed by atoms with van der Waals surface area (Å²) in [6, 6.07) is 0. The van der Waals surface area contributed by atoms with Gasteiger partial charge in [0.05, 0.1) is 6.61 Å². The van der Waals surface area contributed by atoms with Gasteiger partial charge in [-0.25, -0.2) is 0 Å². The molecular weight excluding hydrogens is 271 g/mol. The molecule has 0 bridgehead atoms. The van der Waals surface area contributed by atoms with Crippen molar-refractivity contribution >= 4 is 7.32 Å². The first kappa shape index (κ1) is 15.6. The molecule has 4 nitrogen and oxygen atoms in total. The molecule has 0 spiro atoms. The quantitative estimate of drug-likeness (QED) is 0.361. The van der Waals surface area contributed by atoms with Crippen LogP contribution in [0, 0.1) is 23.3 Å². The van der Waals surface area contributed by atoms with Gasteiger partial charge in [0, 0.05) is 0 Å². The van der Waals surface area contributed by atoms with Crippen molar-refractivity contribution in [2.45, 2.75) is 19.8 Å². The summed E-state index contributed by atoms with van der Waals surface area (Å²) >= 11 is 0. The summed E-state index contributed by atoms with van der Waals surface area (Å²) in [6.07, 6.45) is 1.10. The van der Waals surface area contributed by atoms with E-state index in [0.29, 0.717) is 12.8 Å². The Labute approximate surface area is 106 Å². The largest absolute Gasteiger partial charge is 0.707 e. The number of halogens is 4. The molecule has 0 fully saturated rings. The molecule has 0 aliphatic carbocycles. The monoisotopic (exact) mass is 282 g/mol. The summed E-state index contributed by atoms with van der Waals surface area (Å²) in [5, 5.41) is 16.8. The van der Waals surface area contributed by atoms with Gasteiger partial charge < -0.3 is 19.4 Å². The highest BCUT2D eigenvalue weighted by molar-refractivity contribution is 6.33. The minimum atomic E-state index is -2.62. The summed E-state index contributed by atoms with van der Waals surface area (Å²) < 4.78 is 62.1. The second-order valence-corrected chi connectivity index (χ2v) is 3.56. The van der Waals surface area contributed by atoms with Crippen LogP contribution >= 0.6 is 0 Å². The first-order chi connectivity index (χ1) is 8.90. The zero-order valence-electron chi connectivity index (χ0n) is 9.92. The van der Waals surface area contributed by atoms with Crippen molar-refractivity contribution in [1.82, 2.24) is 0 Å². The standard InChI is InChI=1S/C10H11BF4O4/c1-2-3-4-18-9-5(12)7(14)10(19-11(16)17)8(15)6(9)13/h16-17H,2-4H2,1H3. The predicted octanol–water partition coefficient (Wildman–Crippen LogP) is 1.77. The third-order valence-electron chi connectivity index (χ3n) is 2.15. The molecule has 1 rings (SSSR count). The van der Waals surface area contributed by atoms with Crippen molar-refractivity contribution in [3.63, 3.8) is 0 Å². The van der Waals surface area contributed by atoms with Crippen LogP contribution < -0.4 is 9.39 Å². The van der Waals surface area contributed by atoms with Crippen LogP contribution in [-0.4, -0.2) is 24.0 Å². The molecule has 0 saturated carbocycles. The van der Waals surface area contributed by atoms with Crippen molar-refractivity contribution in [3.8, 4) is 11.5 Å². The summed E-state index contributed by atoms with van der Waals surface area (Å²) in [4.78, 5) is 0. The normalized spacial score (nSPS) is 10.5. The van der Waals surface area contributed by atoms with Crippen LogP contribution in [0.15, 0.2) is 0 Å². The predicted molar refractivity (Wildman–Crippen MR) is 57.5 cm³/mol. The fourth-order valence-electron chi connectivity index (χ4n) is 1.25. The first-order valence-electron chi connectivity index (χ1n) is 5.41. The molecule has 9 heteroatoms. The van der Waals surface area contributed by atoms with Gasteiger partial charge in [-0.2, -0.15) is 17.6 Å². The van der Waals surface area contributed by atoms with Crippen molar-refractivity contribution < 1.29 is 37.0 Å². The highest BCUT2D eigenvalue weighted by atomic mass is 19.2. The maximum absolute atomic E-state index is 13.4. The molecular formula is C10H11BF4O4. The van der Waals surface area contributed by atoms with Gasteiger partial charge >= 0.3 is 7.32 Å². The Kier molecular flexibility index (Phi) is 5.43. The lowest BCUT2D eigenvalue weighted by molar-refractivity contribution is 0.246. The summed E-state index contributed by atoms with van der Waals surface area (Å²) in [6.45, 7) is 1.67. The van der Waals surface area contributed by atoms with Crippen LogP contribution in [0.5, 0.6) is 11.5 Å². The molecule has 0 saturated heterocycles. The van der Waals surface area contributed by atoms with Gasteiger partial charge in [0.1, 0.15) is 0 Å². The summed E-state index contributed by atoms with van der Waals surface area (Å²) in [5.74, 6) is -10.2. The van der Waals surface area contributed by atoms with Crippen LogP contribution in [0.4, 0.5) is 17.6 Å². The van der Waals surface area contributed by atoms with Crippen LogP contribution in [0.25, 0.3) is 0 Å². The molecule has 1 aromatic carbocycles. The maximum atomic E-state index is 13.4. The van der Waals surface area contributed by atoms with E-state index in [1.54, 1.807) is 6.92 Å². The molecule has 1 aromatic rings. The third-order valence-corrected chi connectivity index (χ3v) is 2.15. The first-order valence-corrected chi connectivity index (χ1v) is 5.41. The Bertz CT molecular complexity index is 427. The fraction of sp³-hybridized carbons (Fsp3) is 0.400. The van der Waals surface area contributed by atoms with Crippen LogP contribution in [-0.2, 0) is 0 Å². The van der Waals surface area contributed by atoms with E-state index < -0.39 is 42.1 Å². The maximum Gasteiger partial charge on any atom is 0.707 e. The van der Waals surface area contributed by atoms with Crippen molar-refractivity contribution in [2.24, 2.45) is 0 Å². The second kappa shape index (κ2) is 6.62. The van der Waals surface area contributed by atoms with E-state index in [-0.39, 0.29) is 6.61 Å². The van der Waals surface area contributed by atoms with Crippen molar-refractivity contribution in [2.75, 3.05) is 6.61 Å². The fourth-order valence-corrected chi connectivity index (χ4v) is 1.25. The Balaban J connectivity index is 3.15. The van der Waals surface area contributed by atoms with Crippen LogP contribution in [0.3, 0.4) is 0 Å². The molecule has 106 valence electrons. The van der Waals surface area contributed by atoms with E-state index in [1.165, 1.54) is 0 Å². The SMILES string of the molecule is CCCCOc1c(F)c(F)c(OB(O)O)c(F)c1F. The molecule has 0 atom stereocenters. The molecule has 19 heavy (non-hydrogen) atoms. The smallest absolute Gasteiger partial charge is 0.507 e. The Morgan fingerprint density at radius 2 is 1.42 bits per heavy atom. The van der Waals surface area contributed by atoms with Gasteiger partial charge in [0.25, 0.3) is 0 Å². The number of benzene rings is 1. The van der Waals surface area contributed by atoms with Crippen molar-refractivity contribution in [1.29, 1.82) is 0 Å². The molecule has 0 heterocycles. The lowest BCUT2D eigenvalue weighted by Gasteiger charge is -2.13. The molecule has 2 N–H and O–H groups in total. The molecule has 0 aromatic heterocycles. The van der Waals surface area contributed by atoms with Crippen LogP contribution in [0.2, 0.25) is 0 Å². The van der Waals surface area contributed by atoms with Crippen LogP contribution in [0.1, 0.15) is 19.8 Å². The second-order valence-electron chi connectivity index (χ2n) is 3.56. The molecule has 0 radical (unpaired) electrons. The molecule has 0 unspecified atom stereocenters. The number of rotatable bonds is 6. The number of hydrogen-bond donors (Lipinski definition) is 2. The Hall–Kier alpha value is -1.48.